The van der Waals surface area contributed by atoms with Gasteiger partial charge in [0.1, 0.15) is 0 Å². The quantitative estimate of drug-likeness (QED) is 0.811. The van der Waals surface area contributed by atoms with E-state index in [0.29, 0.717) is 13.1 Å². The highest BCUT2D eigenvalue weighted by Crippen LogP contribution is 2.09. The second-order valence-corrected chi connectivity index (χ2v) is 4.20. The summed E-state index contributed by atoms with van der Waals surface area (Å²) in [4.78, 5) is 11.7. The van der Waals surface area contributed by atoms with Crippen molar-refractivity contribution in [2.75, 3.05) is 5.32 Å². The van der Waals surface area contributed by atoms with E-state index in [1.165, 1.54) is 0 Å². The lowest BCUT2D eigenvalue weighted by atomic mass is 10.2. The van der Waals surface area contributed by atoms with Crippen LogP contribution in [0.5, 0.6) is 0 Å². The molecule has 0 aliphatic carbocycles. The van der Waals surface area contributed by atoms with E-state index in [4.69, 9.17) is 5.73 Å². The largest absolute Gasteiger partial charge is 0.334 e. The van der Waals surface area contributed by atoms with Crippen molar-refractivity contribution in [1.29, 1.82) is 0 Å². The Labute approximate surface area is 124 Å². The molecule has 2 aromatic rings. The molecular weight excluding hydrogens is 274 g/mol. The first-order valence-corrected chi connectivity index (χ1v) is 6.16. The van der Waals surface area contributed by atoms with Crippen LogP contribution in [0.1, 0.15) is 11.1 Å². The molecule has 2 amide bonds. The zero-order chi connectivity index (χ0) is 13.5. The summed E-state index contributed by atoms with van der Waals surface area (Å²) in [5, 5.41) is 5.58. The van der Waals surface area contributed by atoms with Crippen LogP contribution in [-0.2, 0) is 13.1 Å². The molecule has 0 heterocycles. The van der Waals surface area contributed by atoms with Crippen molar-refractivity contribution >= 4 is 24.1 Å². The van der Waals surface area contributed by atoms with Crippen LogP contribution in [0.2, 0.25) is 0 Å². The number of carbonyl (C=O) groups is 1. The van der Waals surface area contributed by atoms with Gasteiger partial charge in [-0.25, -0.2) is 4.79 Å². The number of halogens is 1. The summed E-state index contributed by atoms with van der Waals surface area (Å²) in [6.45, 7) is 0.963. The minimum atomic E-state index is -0.224. The average Bonchev–Trinajstić information content (AvgIpc) is 2.46. The highest BCUT2D eigenvalue weighted by Gasteiger charge is 2.01. The lowest BCUT2D eigenvalue weighted by molar-refractivity contribution is 0.251. The molecule has 106 valence electrons. The van der Waals surface area contributed by atoms with Gasteiger partial charge in [0.25, 0.3) is 0 Å². The van der Waals surface area contributed by atoms with E-state index in [-0.39, 0.29) is 18.4 Å². The molecule has 0 bridgehead atoms. The normalized spacial score (nSPS) is 9.45. The van der Waals surface area contributed by atoms with Crippen LogP contribution < -0.4 is 16.4 Å². The Morgan fingerprint density at radius 1 is 1.00 bits per heavy atom. The number of benzene rings is 2. The molecule has 0 aliphatic heterocycles. The second kappa shape index (κ2) is 8.19. The summed E-state index contributed by atoms with van der Waals surface area (Å²) in [7, 11) is 0. The van der Waals surface area contributed by atoms with Gasteiger partial charge in [-0.1, -0.05) is 42.5 Å². The van der Waals surface area contributed by atoms with Crippen LogP contribution in [0, 0.1) is 0 Å². The van der Waals surface area contributed by atoms with Crippen LogP contribution in [0.15, 0.2) is 54.6 Å². The fraction of sp³-hybridized carbons (Fsp3) is 0.133. The molecule has 0 aliphatic rings. The summed E-state index contributed by atoms with van der Waals surface area (Å²) in [5.41, 5.74) is 8.35. The highest BCUT2D eigenvalue weighted by atomic mass is 35.5. The molecule has 5 heteroatoms. The number of rotatable bonds is 4. The van der Waals surface area contributed by atoms with Crippen molar-refractivity contribution in [3.8, 4) is 0 Å². The van der Waals surface area contributed by atoms with Gasteiger partial charge in [0.05, 0.1) is 0 Å². The number of anilines is 1. The Hall–Kier alpha value is -2.04. The maximum absolute atomic E-state index is 11.7. The van der Waals surface area contributed by atoms with E-state index in [1.807, 2.05) is 54.6 Å². The number of nitrogens with one attached hydrogen (secondary N) is 2. The molecule has 4 N–H and O–H groups in total. The van der Waals surface area contributed by atoms with E-state index in [0.717, 1.165) is 16.8 Å². The molecule has 0 spiro atoms. The van der Waals surface area contributed by atoms with E-state index >= 15 is 0 Å². The number of nitrogens with two attached hydrogens (primary N) is 1. The number of hydrogen-bond acceptors (Lipinski definition) is 2. The lowest BCUT2D eigenvalue weighted by Gasteiger charge is -2.08. The van der Waals surface area contributed by atoms with E-state index in [1.54, 1.807) is 0 Å². The van der Waals surface area contributed by atoms with Crippen LogP contribution >= 0.6 is 12.4 Å². The molecule has 0 aromatic heterocycles. The summed E-state index contributed by atoms with van der Waals surface area (Å²) < 4.78 is 0. The summed E-state index contributed by atoms with van der Waals surface area (Å²) >= 11 is 0. The average molecular weight is 292 g/mol. The van der Waals surface area contributed by atoms with Gasteiger partial charge in [-0.3, -0.25) is 0 Å². The molecule has 2 aromatic carbocycles. The van der Waals surface area contributed by atoms with Gasteiger partial charge in [-0.2, -0.15) is 0 Å². The lowest BCUT2D eigenvalue weighted by Crippen LogP contribution is -2.28. The second-order valence-electron chi connectivity index (χ2n) is 4.20. The third kappa shape index (κ3) is 4.91. The molecule has 0 atom stereocenters. The van der Waals surface area contributed by atoms with Crippen LogP contribution in [0.3, 0.4) is 0 Å². The van der Waals surface area contributed by atoms with Gasteiger partial charge in [0.2, 0.25) is 0 Å². The number of hydrogen-bond donors (Lipinski definition) is 3. The molecular formula is C15H18ClN3O. The molecule has 20 heavy (non-hydrogen) atoms. The van der Waals surface area contributed by atoms with Crippen molar-refractivity contribution in [2.45, 2.75) is 13.1 Å². The highest BCUT2D eigenvalue weighted by molar-refractivity contribution is 5.89. The summed E-state index contributed by atoms with van der Waals surface area (Å²) in [6.07, 6.45) is 0. The van der Waals surface area contributed by atoms with Crippen molar-refractivity contribution in [2.24, 2.45) is 5.73 Å². The maximum Gasteiger partial charge on any atom is 0.319 e. The Balaban J connectivity index is 0.00000200. The van der Waals surface area contributed by atoms with Gasteiger partial charge in [0.15, 0.2) is 0 Å². The molecule has 2 rings (SSSR count). The predicted molar refractivity (Wildman–Crippen MR) is 83.9 cm³/mol. The van der Waals surface area contributed by atoms with Gasteiger partial charge < -0.3 is 16.4 Å². The van der Waals surface area contributed by atoms with E-state index in [9.17, 15) is 4.79 Å². The fourth-order valence-corrected chi connectivity index (χ4v) is 1.73. The van der Waals surface area contributed by atoms with Gasteiger partial charge in [0, 0.05) is 18.8 Å². The Morgan fingerprint density at radius 2 is 1.70 bits per heavy atom. The third-order valence-electron chi connectivity index (χ3n) is 2.72. The third-order valence-corrected chi connectivity index (χ3v) is 2.72. The molecule has 0 saturated heterocycles. The first-order valence-electron chi connectivity index (χ1n) is 6.16. The zero-order valence-electron chi connectivity index (χ0n) is 11.0. The van der Waals surface area contributed by atoms with E-state index in [2.05, 4.69) is 10.6 Å². The number of urea groups is 1. The number of carbonyl (C=O) groups excluding carboxylic acids is 1. The zero-order valence-corrected chi connectivity index (χ0v) is 11.8. The SMILES string of the molecule is Cl.NCc1cccc(NC(=O)NCc2ccccc2)c1. The summed E-state index contributed by atoms with van der Waals surface area (Å²) in [6, 6.07) is 17.0. The minimum absolute atomic E-state index is 0. The monoisotopic (exact) mass is 291 g/mol. The van der Waals surface area contributed by atoms with Crippen molar-refractivity contribution in [3.05, 3.63) is 65.7 Å². The minimum Gasteiger partial charge on any atom is -0.334 e. The first kappa shape index (κ1) is 16.0. The summed E-state index contributed by atoms with van der Waals surface area (Å²) in [5.74, 6) is 0. The first-order chi connectivity index (χ1) is 9.28. The molecule has 0 saturated carbocycles. The van der Waals surface area contributed by atoms with Gasteiger partial charge >= 0.3 is 6.03 Å². The van der Waals surface area contributed by atoms with Crippen LogP contribution in [-0.4, -0.2) is 6.03 Å². The van der Waals surface area contributed by atoms with Crippen molar-refractivity contribution in [1.82, 2.24) is 5.32 Å². The van der Waals surface area contributed by atoms with Gasteiger partial charge in [-0.15, -0.1) is 12.4 Å². The fourth-order valence-electron chi connectivity index (χ4n) is 1.73. The molecule has 0 radical (unpaired) electrons. The van der Waals surface area contributed by atoms with Crippen LogP contribution in [0.25, 0.3) is 0 Å². The van der Waals surface area contributed by atoms with Crippen molar-refractivity contribution < 1.29 is 4.79 Å². The number of amides is 2. The van der Waals surface area contributed by atoms with Crippen molar-refractivity contribution in [3.63, 3.8) is 0 Å². The standard InChI is InChI=1S/C15H17N3O.ClH/c16-10-13-7-4-8-14(9-13)18-15(19)17-11-12-5-2-1-3-6-12;/h1-9H,10-11,16H2,(H2,17,18,19);1H. The van der Waals surface area contributed by atoms with Crippen LogP contribution in [0.4, 0.5) is 10.5 Å². The Kier molecular flexibility index (Phi) is 6.56. The smallest absolute Gasteiger partial charge is 0.319 e. The molecule has 0 fully saturated rings. The molecule has 0 unspecified atom stereocenters. The Bertz CT molecular complexity index is 546. The van der Waals surface area contributed by atoms with E-state index < -0.39 is 0 Å². The molecule has 4 nitrogen and oxygen atoms in total. The Morgan fingerprint density at radius 3 is 2.40 bits per heavy atom. The van der Waals surface area contributed by atoms with Gasteiger partial charge in [-0.05, 0) is 23.3 Å². The maximum atomic E-state index is 11.7. The predicted octanol–water partition coefficient (Wildman–Crippen LogP) is 2.89. The topological polar surface area (TPSA) is 67.1 Å².